The van der Waals surface area contributed by atoms with Gasteiger partial charge in [-0.25, -0.2) is 9.97 Å². The fourth-order valence-corrected chi connectivity index (χ4v) is 10.1. The number of nitrogens with one attached hydrogen (secondary N) is 4. The Morgan fingerprint density at radius 3 is 2.04 bits per heavy atom. The fraction of sp³-hybridized carbons (Fsp3) is 0.538. The van der Waals surface area contributed by atoms with Crippen LogP contribution in [-0.4, -0.2) is 85.9 Å². The largest absolute Gasteiger partial charge is 0.345 e. The number of benzene rings is 1. The average molecular weight is 807 g/mol. The van der Waals surface area contributed by atoms with Gasteiger partial charge in [0, 0.05) is 23.1 Å². The number of aromatic nitrogens is 2. The van der Waals surface area contributed by atoms with Crippen LogP contribution in [0.25, 0.3) is 0 Å². The number of hydrogen-bond acceptors (Lipinski definition) is 11. The van der Waals surface area contributed by atoms with E-state index in [9.17, 15) is 24.0 Å². The Kier molecular flexibility index (Phi) is 13.1. The molecule has 1 aromatic carbocycles. The van der Waals surface area contributed by atoms with Crippen LogP contribution in [0.5, 0.6) is 0 Å². The zero-order chi connectivity index (χ0) is 39.4. The second-order valence-corrected chi connectivity index (χ2v) is 18.0. The summed E-state index contributed by atoms with van der Waals surface area (Å²) in [5.41, 5.74) is 1.38. The normalized spacial score (nSPS) is 26.1. The molecule has 7 atom stereocenters. The standard InChI is InChI=1S/C39H50N8O5S3/c1-7-22(6)31-38-43-27(19-55-38)33(49)45-30(21(4)5)39(52)47-15-11-14-28(47)35(51)44-29(20(2)3)37-42-25(18-54-37)32(48)40-24(16-23-12-9-8-10-13-23)36-41-26(17-53-36)34(50)46-31/h8-10,12-13,18-22,24,26,28-31H,7,11,14-17H2,1-6H3,(H,40,48)(H,44,51)(H,45,49)(H,46,50)/t22?,24-,26-,28-,29-,30-,31?/m0/s1. The van der Waals surface area contributed by atoms with Gasteiger partial charge in [-0.2, -0.15) is 0 Å². The number of thiazole rings is 2. The van der Waals surface area contributed by atoms with Crippen LogP contribution in [0.15, 0.2) is 46.1 Å². The first-order chi connectivity index (χ1) is 26.3. The van der Waals surface area contributed by atoms with Crippen molar-refractivity contribution in [1.82, 2.24) is 36.1 Å². The van der Waals surface area contributed by atoms with Gasteiger partial charge in [0.2, 0.25) is 17.7 Å². The number of nitrogens with zero attached hydrogens (tertiary/aromatic N) is 4. The van der Waals surface area contributed by atoms with E-state index in [1.54, 1.807) is 15.7 Å². The number of aliphatic imine (C=N–C) groups is 1. The molecule has 3 aliphatic rings. The third-order valence-corrected chi connectivity index (χ3v) is 13.5. The number of carbonyl (C=O) groups is 5. The molecule has 2 aromatic heterocycles. The summed E-state index contributed by atoms with van der Waals surface area (Å²) in [6.07, 6.45) is 2.33. The monoisotopic (exact) mass is 806 g/mol. The molecule has 0 aliphatic carbocycles. The van der Waals surface area contributed by atoms with Crippen molar-refractivity contribution < 1.29 is 24.0 Å². The van der Waals surface area contributed by atoms with E-state index in [1.807, 2.05) is 71.9 Å². The van der Waals surface area contributed by atoms with Gasteiger partial charge in [0.05, 0.1) is 23.2 Å². The van der Waals surface area contributed by atoms with Gasteiger partial charge >= 0.3 is 0 Å². The van der Waals surface area contributed by atoms with Crippen molar-refractivity contribution >= 4 is 69.0 Å². The lowest BCUT2D eigenvalue weighted by Gasteiger charge is -2.31. The second-order valence-electron chi connectivity index (χ2n) is 15.1. The molecule has 0 radical (unpaired) electrons. The van der Waals surface area contributed by atoms with Crippen molar-refractivity contribution in [3.63, 3.8) is 0 Å². The van der Waals surface area contributed by atoms with E-state index in [0.29, 0.717) is 46.6 Å². The van der Waals surface area contributed by atoms with Gasteiger partial charge in [0.25, 0.3) is 11.8 Å². The van der Waals surface area contributed by atoms with E-state index in [0.717, 1.165) is 12.0 Å². The summed E-state index contributed by atoms with van der Waals surface area (Å²) in [7, 11) is 0. The highest BCUT2D eigenvalue weighted by atomic mass is 32.2. The maximum Gasteiger partial charge on any atom is 0.271 e. The fourth-order valence-electron chi connectivity index (χ4n) is 6.97. The predicted octanol–water partition coefficient (Wildman–Crippen LogP) is 4.93. The van der Waals surface area contributed by atoms with Crippen LogP contribution in [0.4, 0.5) is 0 Å². The van der Waals surface area contributed by atoms with Crippen LogP contribution in [0.1, 0.15) is 109 Å². The first kappa shape index (κ1) is 40.5. The number of amides is 5. The Morgan fingerprint density at radius 1 is 0.782 bits per heavy atom. The minimum atomic E-state index is -0.889. The summed E-state index contributed by atoms with van der Waals surface area (Å²) in [4.78, 5) is 85.2. The molecule has 16 heteroatoms. The smallest absolute Gasteiger partial charge is 0.271 e. The highest BCUT2D eigenvalue weighted by molar-refractivity contribution is 8.14. The second kappa shape index (κ2) is 17.8. The summed E-state index contributed by atoms with van der Waals surface area (Å²) in [5, 5.41) is 17.5. The molecule has 3 aliphatic heterocycles. The number of rotatable bonds is 6. The van der Waals surface area contributed by atoms with Gasteiger partial charge in [-0.1, -0.05) is 78.3 Å². The molecule has 294 valence electrons. The summed E-state index contributed by atoms with van der Waals surface area (Å²) in [6.45, 7) is 12.1. The summed E-state index contributed by atoms with van der Waals surface area (Å²) in [5.74, 6) is -1.71. The van der Waals surface area contributed by atoms with Gasteiger partial charge in [-0.3, -0.25) is 29.0 Å². The van der Waals surface area contributed by atoms with Crippen molar-refractivity contribution in [2.24, 2.45) is 22.7 Å². The molecule has 2 unspecified atom stereocenters. The van der Waals surface area contributed by atoms with Gasteiger partial charge in [0.1, 0.15) is 39.5 Å². The molecule has 55 heavy (non-hydrogen) atoms. The molecule has 6 rings (SSSR count). The Hall–Kier alpha value is -4.15. The van der Waals surface area contributed by atoms with E-state index in [4.69, 9.17) is 9.98 Å². The van der Waals surface area contributed by atoms with E-state index >= 15 is 0 Å². The minimum Gasteiger partial charge on any atom is -0.345 e. The molecular formula is C39H50N8O5S3. The van der Waals surface area contributed by atoms with Gasteiger partial charge < -0.3 is 26.2 Å². The first-order valence-corrected chi connectivity index (χ1v) is 21.8. The zero-order valence-electron chi connectivity index (χ0n) is 32.0. The van der Waals surface area contributed by atoms with E-state index in [1.165, 1.54) is 34.4 Å². The van der Waals surface area contributed by atoms with Crippen molar-refractivity contribution in [2.75, 3.05) is 12.3 Å². The number of thioether (sulfide) groups is 1. The Bertz CT molecular complexity index is 1910. The molecule has 5 amide bonds. The predicted molar refractivity (Wildman–Crippen MR) is 216 cm³/mol. The maximum absolute atomic E-state index is 14.1. The van der Waals surface area contributed by atoms with Crippen LogP contribution in [0.3, 0.4) is 0 Å². The first-order valence-electron chi connectivity index (χ1n) is 19.0. The Balaban J connectivity index is 1.37. The van der Waals surface area contributed by atoms with Crippen molar-refractivity contribution in [1.29, 1.82) is 0 Å². The van der Waals surface area contributed by atoms with Gasteiger partial charge in [-0.05, 0) is 42.6 Å². The van der Waals surface area contributed by atoms with Crippen molar-refractivity contribution in [3.8, 4) is 0 Å². The highest BCUT2D eigenvalue weighted by Gasteiger charge is 2.40. The maximum atomic E-state index is 14.1. The van der Waals surface area contributed by atoms with E-state index in [2.05, 4.69) is 26.3 Å². The lowest BCUT2D eigenvalue weighted by molar-refractivity contribution is -0.141. The van der Waals surface area contributed by atoms with E-state index in [-0.39, 0.29) is 52.8 Å². The summed E-state index contributed by atoms with van der Waals surface area (Å²) < 4.78 is 0. The molecule has 0 spiro atoms. The molecule has 5 heterocycles. The number of carbonyl (C=O) groups excluding carboxylic acids is 5. The third kappa shape index (κ3) is 9.29. The van der Waals surface area contributed by atoms with Crippen molar-refractivity contribution in [2.45, 2.75) is 103 Å². The molecule has 1 fully saturated rings. The van der Waals surface area contributed by atoms with Crippen LogP contribution < -0.4 is 21.3 Å². The van der Waals surface area contributed by atoms with Crippen LogP contribution in [-0.2, 0) is 20.8 Å². The minimum absolute atomic E-state index is 0.00581. The molecule has 0 saturated carbocycles. The van der Waals surface area contributed by atoms with Gasteiger partial charge in [0.15, 0.2) is 0 Å². The molecule has 4 N–H and O–H groups in total. The molecule has 13 nitrogen and oxygen atoms in total. The average Bonchev–Trinajstić information content (AvgIpc) is 4.01. The Morgan fingerprint density at radius 2 is 1.40 bits per heavy atom. The molecule has 3 aromatic rings. The number of fused-ring (bicyclic) bond motifs is 6. The molecule has 6 bridgehead atoms. The third-order valence-electron chi connectivity index (χ3n) is 10.4. The van der Waals surface area contributed by atoms with Crippen LogP contribution in [0, 0.1) is 17.8 Å². The molecule has 1 saturated heterocycles. The number of hydrogen-bond donors (Lipinski definition) is 4. The molecular weight excluding hydrogens is 757 g/mol. The van der Waals surface area contributed by atoms with Crippen molar-refractivity contribution in [3.05, 3.63) is 68.1 Å². The highest BCUT2D eigenvalue weighted by Crippen LogP contribution is 2.31. The quantitative estimate of drug-likeness (QED) is 0.271. The van der Waals surface area contributed by atoms with Gasteiger partial charge in [-0.15, -0.1) is 34.4 Å². The topological polar surface area (TPSA) is 175 Å². The van der Waals surface area contributed by atoms with Crippen LogP contribution in [0.2, 0.25) is 0 Å². The SMILES string of the molecule is CCC(C)C1NC(=O)[C@@H]2CSC(=N2)[C@H](Cc2ccccc2)NC(=O)c2csc(n2)[C@H](C(C)C)NC(=O)[C@@H]2CCCN2C(=O)[C@H](C(C)C)NC(=O)c2csc1n2. The lowest BCUT2D eigenvalue weighted by atomic mass is 9.99. The summed E-state index contributed by atoms with van der Waals surface area (Å²) in [6, 6.07) is 5.99. The van der Waals surface area contributed by atoms with Crippen LogP contribution >= 0.6 is 34.4 Å². The summed E-state index contributed by atoms with van der Waals surface area (Å²) >= 11 is 4.02. The Labute approximate surface area is 334 Å². The zero-order valence-corrected chi connectivity index (χ0v) is 34.5. The lowest BCUT2D eigenvalue weighted by Crippen LogP contribution is -2.55. The van der Waals surface area contributed by atoms with E-state index < -0.39 is 42.2 Å².